The summed E-state index contributed by atoms with van der Waals surface area (Å²) >= 11 is 19.2. The van der Waals surface area contributed by atoms with Crippen molar-refractivity contribution in [2.24, 2.45) is 0 Å². The topological polar surface area (TPSA) is 67.4 Å². The fourth-order valence-electron chi connectivity index (χ4n) is 2.42. The van der Waals surface area contributed by atoms with E-state index in [2.05, 4.69) is 4.98 Å². The molecule has 0 atom stereocenters. The summed E-state index contributed by atoms with van der Waals surface area (Å²) in [6.45, 7) is 0. The average Bonchev–Trinajstić information content (AvgIpc) is 2.95. The second kappa shape index (κ2) is 6.45. The lowest BCUT2D eigenvalue weighted by Crippen LogP contribution is -2.18. The Morgan fingerprint density at radius 1 is 1.12 bits per heavy atom. The van der Waals surface area contributed by atoms with E-state index in [4.69, 9.17) is 39.5 Å². The Labute approximate surface area is 165 Å². The highest BCUT2D eigenvalue weighted by Crippen LogP contribution is 2.33. The van der Waals surface area contributed by atoms with Gasteiger partial charge in [-0.15, -0.1) is 0 Å². The minimum Gasteiger partial charge on any atom is -0.437 e. The number of ether oxygens (including phenoxy) is 1. The molecule has 26 heavy (non-hydrogen) atoms. The molecule has 0 aliphatic rings. The number of halogens is 3. The first-order valence-electron chi connectivity index (χ1n) is 7.16. The molecule has 0 saturated carbocycles. The van der Waals surface area contributed by atoms with Crippen LogP contribution in [0.2, 0.25) is 15.1 Å². The molecular weight excluding hydrogens is 417 g/mol. The number of hydrogen-bond donors (Lipinski definition) is 0. The summed E-state index contributed by atoms with van der Waals surface area (Å²) in [5.74, 6) is 0.345. The SMILES string of the molecule is N#Cc1c(Oc2ccc(Cl)cc2)nc2sc3cc(Cl)c(Cl)cc3n2c1=O. The third-order valence-corrected chi connectivity index (χ3v) is 5.58. The van der Waals surface area contributed by atoms with Crippen LogP contribution in [0.4, 0.5) is 0 Å². The van der Waals surface area contributed by atoms with Crippen LogP contribution in [0.1, 0.15) is 5.56 Å². The number of fused-ring (bicyclic) bond motifs is 3. The lowest BCUT2D eigenvalue weighted by Gasteiger charge is -2.06. The largest absolute Gasteiger partial charge is 0.437 e. The van der Waals surface area contributed by atoms with Crippen LogP contribution in [0, 0.1) is 11.3 Å². The van der Waals surface area contributed by atoms with E-state index in [1.54, 1.807) is 36.4 Å². The van der Waals surface area contributed by atoms with Gasteiger partial charge in [-0.3, -0.25) is 4.79 Å². The highest BCUT2D eigenvalue weighted by atomic mass is 35.5. The van der Waals surface area contributed by atoms with E-state index >= 15 is 0 Å². The highest BCUT2D eigenvalue weighted by Gasteiger charge is 2.19. The summed E-state index contributed by atoms with van der Waals surface area (Å²) in [4.78, 5) is 17.5. The van der Waals surface area contributed by atoms with E-state index in [0.717, 1.165) is 4.70 Å². The number of hydrogen-bond acceptors (Lipinski definition) is 5. The number of rotatable bonds is 2. The molecule has 9 heteroatoms. The molecule has 0 unspecified atom stereocenters. The number of aromatic nitrogens is 2. The van der Waals surface area contributed by atoms with E-state index in [0.29, 0.717) is 31.3 Å². The minimum atomic E-state index is -0.536. The van der Waals surface area contributed by atoms with Crippen LogP contribution in [-0.4, -0.2) is 9.38 Å². The molecule has 2 aromatic heterocycles. The van der Waals surface area contributed by atoms with Gasteiger partial charge >= 0.3 is 0 Å². The summed E-state index contributed by atoms with van der Waals surface area (Å²) in [6.07, 6.45) is 0. The predicted molar refractivity (Wildman–Crippen MR) is 103 cm³/mol. The number of benzene rings is 2. The van der Waals surface area contributed by atoms with E-state index in [-0.39, 0.29) is 11.4 Å². The van der Waals surface area contributed by atoms with Crippen LogP contribution in [-0.2, 0) is 0 Å². The summed E-state index contributed by atoms with van der Waals surface area (Å²) in [5.41, 5.74) is -0.208. The van der Waals surface area contributed by atoms with Gasteiger partial charge in [0.05, 0.1) is 20.3 Å². The smallest absolute Gasteiger partial charge is 0.280 e. The van der Waals surface area contributed by atoms with Gasteiger partial charge in [-0.2, -0.15) is 10.2 Å². The molecule has 0 bridgehead atoms. The Kier molecular flexibility index (Phi) is 4.25. The summed E-state index contributed by atoms with van der Waals surface area (Å²) in [6, 6.07) is 11.6. The molecule has 0 amide bonds. The molecular formula is C17H6Cl3N3O2S. The molecule has 5 nitrogen and oxygen atoms in total. The van der Waals surface area contributed by atoms with Gasteiger partial charge in [0.1, 0.15) is 11.8 Å². The zero-order chi connectivity index (χ0) is 18.4. The predicted octanol–water partition coefficient (Wildman–Crippen LogP) is 5.53. The normalized spacial score (nSPS) is 11.0. The van der Waals surface area contributed by atoms with Gasteiger partial charge in [0.15, 0.2) is 5.56 Å². The standard InChI is InChI=1S/C17H6Cl3N3O2S/c18-8-1-3-9(4-2-8)25-15-10(7-21)16(24)23-13-5-11(19)12(20)6-14(13)26-17(23)22-15/h1-6H. The maximum atomic E-state index is 12.8. The van der Waals surface area contributed by atoms with Crippen LogP contribution in [0.5, 0.6) is 11.6 Å². The van der Waals surface area contributed by atoms with Crippen molar-refractivity contribution in [3.8, 4) is 17.7 Å². The summed E-state index contributed by atoms with van der Waals surface area (Å²) in [5, 5.41) is 10.7. The van der Waals surface area contributed by atoms with Crippen molar-refractivity contribution in [1.82, 2.24) is 9.38 Å². The van der Waals surface area contributed by atoms with Crippen molar-refractivity contribution in [1.29, 1.82) is 5.26 Å². The third kappa shape index (κ3) is 2.79. The number of nitriles is 1. The molecule has 4 aromatic rings. The molecule has 0 aliphatic carbocycles. The second-order valence-corrected chi connectivity index (χ2v) is 7.48. The Morgan fingerprint density at radius 3 is 2.50 bits per heavy atom. The zero-order valence-electron chi connectivity index (χ0n) is 12.7. The molecule has 0 spiro atoms. The zero-order valence-corrected chi connectivity index (χ0v) is 15.7. The summed E-state index contributed by atoms with van der Waals surface area (Å²) < 4.78 is 7.68. The Bertz CT molecular complexity index is 1270. The van der Waals surface area contributed by atoms with Crippen molar-refractivity contribution in [3.63, 3.8) is 0 Å². The first kappa shape index (κ1) is 17.1. The van der Waals surface area contributed by atoms with Gasteiger partial charge in [-0.05, 0) is 36.4 Å². The third-order valence-electron chi connectivity index (χ3n) is 3.60. The van der Waals surface area contributed by atoms with Crippen molar-refractivity contribution in [2.75, 3.05) is 0 Å². The van der Waals surface area contributed by atoms with Gasteiger partial charge in [0.25, 0.3) is 5.56 Å². The van der Waals surface area contributed by atoms with Crippen LogP contribution >= 0.6 is 46.1 Å². The van der Waals surface area contributed by atoms with E-state index in [9.17, 15) is 10.1 Å². The summed E-state index contributed by atoms with van der Waals surface area (Å²) in [7, 11) is 0. The molecule has 0 saturated heterocycles. The lowest BCUT2D eigenvalue weighted by molar-refractivity contribution is 0.461. The molecule has 0 aliphatic heterocycles. The van der Waals surface area contributed by atoms with Crippen LogP contribution in [0.25, 0.3) is 15.2 Å². The maximum absolute atomic E-state index is 12.8. The average molecular weight is 423 g/mol. The first-order valence-corrected chi connectivity index (χ1v) is 9.11. The Hall–Kier alpha value is -2.30. The van der Waals surface area contributed by atoms with Gasteiger partial charge in [0.2, 0.25) is 10.8 Å². The van der Waals surface area contributed by atoms with Gasteiger partial charge in [-0.1, -0.05) is 46.1 Å². The Morgan fingerprint density at radius 2 is 1.81 bits per heavy atom. The number of thiazole rings is 1. The molecule has 2 aromatic carbocycles. The van der Waals surface area contributed by atoms with Crippen LogP contribution in [0.3, 0.4) is 0 Å². The molecule has 4 rings (SSSR count). The molecule has 0 N–H and O–H groups in total. The quantitative estimate of drug-likeness (QED) is 0.426. The fourth-order valence-corrected chi connectivity index (χ4v) is 3.96. The maximum Gasteiger partial charge on any atom is 0.280 e. The first-order chi connectivity index (χ1) is 12.5. The van der Waals surface area contributed by atoms with E-state index in [1.807, 2.05) is 6.07 Å². The van der Waals surface area contributed by atoms with Crippen LogP contribution < -0.4 is 10.3 Å². The van der Waals surface area contributed by atoms with Gasteiger partial charge in [-0.25, -0.2) is 4.40 Å². The highest BCUT2D eigenvalue weighted by molar-refractivity contribution is 7.23. The van der Waals surface area contributed by atoms with Crippen molar-refractivity contribution in [3.05, 3.63) is 67.4 Å². The van der Waals surface area contributed by atoms with Crippen molar-refractivity contribution < 1.29 is 4.74 Å². The second-order valence-electron chi connectivity index (χ2n) is 5.22. The van der Waals surface area contributed by atoms with Gasteiger partial charge in [0, 0.05) is 5.02 Å². The van der Waals surface area contributed by atoms with Gasteiger partial charge < -0.3 is 4.74 Å². The van der Waals surface area contributed by atoms with Crippen molar-refractivity contribution in [2.45, 2.75) is 0 Å². The molecule has 0 radical (unpaired) electrons. The van der Waals surface area contributed by atoms with E-state index in [1.165, 1.54) is 15.7 Å². The molecule has 0 fully saturated rings. The molecule has 128 valence electrons. The monoisotopic (exact) mass is 421 g/mol. The van der Waals surface area contributed by atoms with Crippen LogP contribution in [0.15, 0.2) is 41.2 Å². The van der Waals surface area contributed by atoms with Crippen molar-refractivity contribution >= 4 is 61.3 Å². The molecule has 2 heterocycles. The Balaban J connectivity index is 1.97. The fraction of sp³-hybridized carbons (Fsp3) is 0. The lowest BCUT2D eigenvalue weighted by atomic mass is 10.3. The van der Waals surface area contributed by atoms with E-state index < -0.39 is 5.56 Å². The minimum absolute atomic E-state index is 0.0661. The number of nitrogens with zero attached hydrogens (tertiary/aromatic N) is 3.